The van der Waals surface area contributed by atoms with E-state index in [0.717, 1.165) is 0 Å². The van der Waals surface area contributed by atoms with Gasteiger partial charge in [0.2, 0.25) is 0 Å². The van der Waals surface area contributed by atoms with Gasteiger partial charge in [0.1, 0.15) is 12.4 Å². The van der Waals surface area contributed by atoms with Crippen molar-refractivity contribution in [3.63, 3.8) is 0 Å². The van der Waals surface area contributed by atoms with E-state index in [1.54, 1.807) is 6.08 Å². The molecule has 0 atom stereocenters. The highest BCUT2D eigenvalue weighted by molar-refractivity contribution is 5.91. The van der Waals surface area contributed by atoms with Gasteiger partial charge in [-0.2, -0.15) is 0 Å². The number of carbonyl (C=O) groups is 2. The molecule has 84 valence electrons. The van der Waals surface area contributed by atoms with Crippen molar-refractivity contribution in [2.24, 2.45) is 0 Å². The van der Waals surface area contributed by atoms with Crippen LogP contribution in [0.1, 0.15) is 20.7 Å². The average molecular weight is 220 g/mol. The summed E-state index contributed by atoms with van der Waals surface area (Å²) in [5.74, 6) is -0.126. The van der Waals surface area contributed by atoms with Crippen molar-refractivity contribution < 1.29 is 19.1 Å². The topological polar surface area (TPSA) is 52.6 Å². The van der Waals surface area contributed by atoms with E-state index in [0.29, 0.717) is 23.2 Å². The van der Waals surface area contributed by atoms with Gasteiger partial charge in [0.15, 0.2) is 6.29 Å². The summed E-state index contributed by atoms with van der Waals surface area (Å²) >= 11 is 0. The van der Waals surface area contributed by atoms with Crippen LogP contribution < -0.4 is 4.74 Å². The Bertz CT molecular complexity index is 409. The molecule has 0 unspecified atom stereocenters. The number of ether oxygens (including phenoxy) is 2. The first-order valence-electron chi connectivity index (χ1n) is 4.64. The Morgan fingerprint density at radius 1 is 1.50 bits per heavy atom. The highest BCUT2D eigenvalue weighted by Gasteiger charge is 2.10. The highest BCUT2D eigenvalue weighted by Crippen LogP contribution is 2.19. The highest BCUT2D eigenvalue weighted by atomic mass is 16.5. The molecule has 1 aromatic rings. The lowest BCUT2D eigenvalue weighted by Crippen LogP contribution is -2.04. The summed E-state index contributed by atoms with van der Waals surface area (Å²) < 4.78 is 9.82. The zero-order valence-corrected chi connectivity index (χ0v) is 8.93. The maximum atomic E-state index is 11.3. The van der Waals surface area contributed by atoms with Crippen molar-refractivity contribution in [1.82, 2.24) is 0 Å². The molecule has 0 aliphatic rings. The van der Waals surface area contributed by atoms with Crippen molar-refractivity contribution in [2.45, 2.75) is 0 Å². The second-order valence-corrected chi connectivity index (χ2v) is 2.96. The minimum Gasteiger partial charge on any atom is -0.489 e. The Balaban J connectivity index is 3.05. The zero-order chi connectivity index (χ0) is 12.0. The smallest absolute Gasteiger partial charge is 0.337 e. The van der Waals surface area contributed by atoms with Crippen LogP contribution in [0.2, 0.25) is 0 Å². The monoisotopic (exact) mass is 220 g/mol. The van der Waals surface area contributed by atoms with Crippen molar-refractivity contribution in [3.05, 3.63) is 42.0 Å². The van der Waals surface area contributed by atoms with Crippen LogP contribution in [0.5, 0.6) is 5.75 Å². The van der Waals surface area contributed by atoms with Gasteiger partial charge in [-0.15, -0.1) is 0 Å². The molecule has 0 aromatic heterocycles. The number of hydrogen-bond donors (Lipinski definition) is 0. The van der Waals surface area contributed by atoms with Crippen LogP contribution in [0.3, 0.4) is 0 Å². The zero-order valence-electron chi connectivity index (χ0n) is 8.93. The summed E-state index contributed by atoms with van der Waals surface area (Å²) in [4.78, 5) is 22.0. The van der Waals surface area contributed by atoms with Gasteiger partial charge >= 0.3 is 5.97 Å². The van der Waals surface area contributed by atoms with E-state index in [-0.39, 0.29) is 6.61 Å². The lowest BCUT2D eigenvalue weighted by atomic mass is 10.1. The molecule has 1 aromatic carbocycles. The minimum absolute atomic E-state index is 0.269. The second-order valence-electron chi connectivity index (χ2n) is 2.96. The van der Waals surface area contributed by atoms with Crippen LogP contribution in [0.4, 0.5) is 0 Å². The summed E-state index contributed by atoms with van der Waals surface area (Å²) in [6.45, 7) is 3.77. The SMILES string of the molecule is C=CCOc1cc(C(=O)OC)ccc1C=O. The number of esters is 1. The molecule has 0 aliphatic carbocycles. The van der Waals surface area contributed by atoms with Crippen LogP contribution >= 0.6 is 0 Å². The van der Waals surface area contributed by atoms with Crippen LogP contribution in [0.15, 0.2) is 30.9 Å². The predicted octanol–water partition coefficient (Wildman–Crippen LogP) is 1.85. The fourth-order valence-electron chi connectivity index (χ4n) is 1.15. The third kappa shape index (κ3) is 2.70. The first-order valence-corrected chi connectivity index (χ1v) is 4.64. The lowest BCUT2D eigenvalue weighted by Gasteiger charge is -2.07. The molecule has 0 saturated heterocycles. The number of carbonyl (C=O) groups excluding carboxylic acids is 2. The van der Waals surface area contributed by atoms with Crippen molar-refractivity contribution in [1.29, 1.82) is 0 Å². The van der Waals surface area contributed by atoms with Crippen LogP contribution in [0, 0.1) is 0 Å². The molecule has 0 heterocycles. The first-order chi connectivity index (χ1) is 7.72. The van der Waals surface area contributed by atoms with Crippen LogP contribution in [-0.2, 0) is 4.74 Å². The van der Waals surface area contributed by atoms with E-state index in [2.05, 4.69) is 11.3 Å². The third-order valence-corrected chi connectivity index (χ3v) is 1.92. The Morgan fingerprint density at radius 2 is 2.25 bits per heavy atom. The summed E-state index contributed by atoms with van der Waals surface area (Å²) in [5, 5.41) is 0. The fourth-order valence-corrected chi connectivity index (χ4v) is 1.15. The molecule has 16 heavy (non-hydrogen) atoms. The molecule has 0 spiro atoms. The molecule has 0 aliphatic heterocycles. The van der Waals surface area contributed by atoms with Gasteiger partial charge in [0.25, 0.3) is 0 Å². The number of benzene rings is 1. The maximum absolute atomic E-state index is 11.3. The molecule has 0 saturated carbocycles. The molecule has 1 rings (SSSR count). The molecule has 0 bridgehead atoms. The molecule has 4 heteroatoms. The Labute approximate surface area is 93.5 Å². The number of hydrogen-bond acceptors (Lipinski definition) is 4. The molecule has 4 nitrogen and oxygen atoms in total. The lowest BCUT2D eigenvalue weighted by molar-refractivity contribution is 0.0600. The molecular formula is C12H12O4. The van der Waals surface area contributed by atoms with Gasteiger partial charge in [-0.05, 0) is 18.2 Å². The van der Waals surface area contributed by atoms with Crippen LogP contribution in [-0.4, -0.2) is 26.0 Å². The van der Waals surface area contributed by atoms with Gasteiger partial charge in [-0.3, -0.25) is 4.79 Å². The first kappa shape index (κ1) is 12.0. The predicted molar refractivity (Wildman–Crippen MR) is 58.9 cm³/mol. The number of rotatable bonds is 5. The Kier molecular flexibility index (Phi) is 4.27. The summed E-state index contributed by atoms with van der Waals surface area (Å²) in [7, 11) is 1.29. The van der Waals surface area contributed by atoms with Crippen molar-refractivity contribution in [3.8, 4) is 5.75 Å². The largest absolute Gasteiger partial charge is 0.489 e. The molecule has 0 amide bonds. The Hall–Kier alpha value is -2.10. The Morgan fingerprint density at radius 3 is 2.81 bits per heavy atom. The normalized spacial score (nSPS) is 9.31. The van der Waals surface area contributed by atoms with E-state index in [4.69, 9.17) is 4.74 Å². The summed E-state index contributed by atoms with van der Waals surface area (Å²) in [6.07, 6.45) is 2.22. The van der Waals surface area contributed by atoms with E-state index >= 15 is 0 Å². The standard InChI is InChI=1S/C12H12O4/c1-3-6-16-11-7-9(12(14)15-2)4-5-10(11)8-13/h3-5,7-8H,1,6H2,2H3. The van der Waals surface area contributed by atoms with E-state index in [9.17, 15) is 9.59 Å². The molecule has 0 N–H and O–H groups in total. The third-order valence-electron chi connectivity index (χ3n) is 1.92. The summed E-state index contributed by atoms with van der Waals surface area (Å²) in [6, 6.07) is 4.49. The van der Waals surface area contributed by atoms with Gasteiger partial charge < -0.3 is 9.47 Å². The molecular weight excluding hydrogens is 208 g/mol. The minimum atomic E-state index is -0.471. The molecule has 0 radical (unpaired) electrons. The van der Waals surface area contributed by atoms with E-state index in [1.807, 2.05) is 0 Å². The van der Waals surface area contributed by atoms with Crippen LogP contribution in [0.25, 0.3) is 0 Å². The van der Waals surface area contributed by atoms with Crippen molar-refractivity contribution >= 4 is 12.3 Å². The fraction of sp³-hybridized carbons (Fsp3) is 0.167. The molecule has 0 fully saturated rings. The van der Waals surface area contributed by atoms with Gasteiger partial charge in [-0.1, -0.05) is 12.7 Å². The number of aldehydes is 1. The van der Waals surface area contributed by atoms with Gasteiger partial charge in [-0.25, -0.2) is 4.79 Å². The maximum Gasteiger partial charge on any atom is 0.337 e. The summed E-state index contributed by atoms with van der Waals surface area (Å²) in [5.41, 5.74) is 0.724. The van der Waals surface area contributed by atoms with Gasteiger partial charge in [0.05, 0.1) is 18.2 Å². The van der Waals surface area contributed by atoms with E-state index < -0.39 is 5.97 Å². The number of methoxy groups -OCH3 is 1. The second kappa shape index (κ2) is 5.70. The average Bonchev–Trinajstić information content (AvgIpc) is 2.34. The van der Waals surface area contributed by atoms with E-state index in [1.165, 1.54) is 25.3 Å². The quantitative estimate of drug-likeness (QED) is 0.431. The van der Waals surface area contributed by atoms with Crippen molar-refractivity contribution in [2.75, 3.05) is 13.7 Å². The van der Waals surface area contributed by atoms with Gasteiger partial charge in [0, 0.05) is 0 Å².